The molecule has 0 fully saturated rings. The second kappa shape index (κ2) is 7.17. The molecule has 0 unspecified atom stereocenters. The molecule has 0 saturated heterocycles. The first-order valence-electron chi connectivity index (χ1n) is 8.10. The van der Waals surface area contributed by atoms with Crippen LogP contribution in [0.15, 0.2) is 53.4 Å². The average molecular weight is 406 g/mol. The number of hydrogen-bond donors (Lipinski definition) is 0. The van der Waals surface area contributed by atoms with Crippen LogP contribution >= 0.6 is 11.6 Å². The molecule has 2 aromatic carbocycles. The van der Waals surface area contributed by atoms with Gasteiger partial charge in [0.15, 0.2) is 0 Å². The van der Waals surface area contributed by atoms with Gasteiger partial charge in [-0.3, -0.25) is 4.79 Å². The number of halogens is 1. The maximum atomic E-state index is 13.2. The third kappa shape index (κ3) is 3.48. The number of ether oxygens (including phenoxy) is 1. The summed E-state index contributed by atoms with van der Waals surface area (Å²) in [7, 11) is -4.13. The first kappa shape index (κ1) is 19.1. The number of carbonyl (C=O) groups excluding carboxylic acids is 2. The van der Waals surface area contributed by atoms with Gasteiger partial charge in [-0.05, 0) is 50.2 Å². The van der Waals surface area contributed by atoms with Gasteiger partial charge in [-0.25, -0.2) is 17.2 Å². The molecule has 0 radical (unpaired) electrons. The Morgan fingerprint density at radius 1 is 1.07 bits per heavy atom. The highest BCUT2D eigenvalue weighted by Gasteiger charge is 2.30. The maximum Gasteiger partial charge on any atom is 0.381 e. The fourth-order valence-corrected chi connectivity index (χ4v) is 4.39. The number of aromatic nitrogens is 1. The van der Waals surface area contributed by atoms with E-state index < -0.39 is 21.8 Å². The maximum absolute atomic E-state index is 13.2. The lowest BCUT2D eigenvalue weighted by atomic mass is 10.2. The van der Waals surface area contributed by atoms with Gasteiger partial charge in [0.2, 0.25) is 0 Å². The summed E-state index contributed by atoms with van der Waals surface area (Å²) in [5.41, 5.74) is 0.833. The molecule has 0 bridgehead atoms. The van der Waals surface area contributed by atoms with E-state index in [-0.39, 0.29) is 22.7 Å². The summed E-state index contributed by atoms with van der Waals surface area (Å²) >= 11 is 5.99. The van der Waals surface area contributed by atoms with Crippen LogP contribution in [-0.4, -0.2) is 30.7 Å². The Morgan fingerprint density at radius 2 is 1.74 bits per heavy atom. The monoisotopic (exact) mass is 405 g/mol. The van der Waals surface area contributed by atoms with Crippen LogP contribution in [0.3, 0.4) is 0 Å². The van der Waals surface area contributed by atoms with Crippen LogP contribution < -0.4 is 0 Å². The van der Waals surface area contributed by atoms with Gasteiger partial charge in [0.25, 0.3) is 15.8 Å². The SMILES string of the molecule is CCOC(=O)C(=O)c1cc2cc(Cl)ccc2n1S(=O)(=O)c1ccc(C)cc1. The van der Waals surface area contributed by atoms with E-state index >= 15 is 0 Å². The molecule has 1 heterocycles. The predicted octanol–water partition coefficient (Wildman–Crippen LogP) is 3.59. The van der Waals surface area contributed by atoms with E-state index in [4.69, 9.17) is 16.3 Å². The van der Waals surface area contributed by atoms with Crippen LogP contribution in [0.2, 0.25) is 5.02 Å². The number of Topliss-reactive ketones (excluding diaryl/α,β-unsaturated/α-hetero) is 1. The largest absolute Gasteiger partial charge is 0.460 e. The van der Waals surface area contributed by atoms with Crippen LogP contribution in [0.4, 0.5) is 0 Å². The zero-order chi connectivity index (χ0) is 19.8. The Morgan fingerprint density at radius 3 is 2.37 bits per heavy atom. The molecule has 0 saturated carbocycles. The minimum atomic E-state index is -4.13. The van der Waals surface area contributed by atoms with Gasteiger partial charge in [0, 0.05) is 10.4 Å². The van der Waals surface area contributed by atoms with Crippen molar-refractivity contribution in [3.05, 3.63) is 64.8 Å². The zero-order valence-corrected chi connectivity index (χ0v) is 16.2. The highest BCUT2D eigenvalue weighted by molar-refractivity contribution is 7.90. The second-order valence-corrected chi connectivity index (χ2v) is 8.09. The molecule has 8 heteroatoms. The highest BCUT2D eigenvalue weighted by Crippen LogP contribution is 2.28. The van der Waals surface area contributed by atoms with Gasteiger partial charge in [-0.1, -0.05) is 29.3 Å². The van der Waals surface area contributed by atoms with Gasteiger partial charge in [-0.15, -0.1) is 0 Å². The number of esters is 1. The zero-order valence-electron chi connectivity index (χ0n) is 14.6. The van der Waals surface area contributed by atoms with E-state index in [2.05, 4.69) is 0 Å². The molecule has 0 spiro atoms. The molecule has 1 aromatic heterocycles. The number of nitrogens with zero attached hydrogens (tertiary/aromatic N) is 1. The fraction of sp³-hybridized carbons (Fsp3) is 0.158. The smallest absolute Gasteiger partial charge is 0.381 e. The minimum Gasteiger partial charge on any atom is -0.460 e. The normalized spacial score (nSPS) is 11.5. The van der Waals surface area contributed by atoms with Crippen molar-refractivity contribution in [3.8, 4) is 0 Å². The molecule has 0 amide bonds. The summed E-state index contributed by atoms with van der Waals surface area (Å²) in [6.45, 7) is 3.39. The summed E-state index contributed by atoms with van der Waals surface area (Å²) in [6.07, 6.45) is 0. The van der Waals surface area contributed by atoms with Gasteiger partial charge in [-0.2, -0.15) is 0 Å². The van der Waals surface area contributed by atoms with Crippen molar-refractivity contribution in [2.45, 2.75) is 18.7 Å². The van der Waals surface area contributed by atoms with E-state index in [1.807, 2.05) is 6.92 Å². The van der Waals surface area contributed by atoms with Gasteiger partial charge in [0.05, 0.1) is 17.0 Å². The van der Waals surface area contributed by atoms with Crippen molar-refractivity contribution >= 4 is 44.3 Å². The van der Waals surface area contributed by atoms with E-state index in [0.29, 0.717) is 10.4 Å². The third-order valence-corrected chi connectivity index (χ3v) is 5.95. The molecule has 3 rings (SSSR count). The van der Waals surface area contributed by atoms with Crippen LogP contribution in [0.5, 0.6) is 0 Å². The standard InChI is InChI=1S/C19H16ClNO5S/c1-3-26-19(23)18(22)17-11-13-10-14(20)6-9-16(13)21(17)27(24,25)15-7-4-12(2)5-8-15/h4-11H,3H2,1-2H3. The predicted molar refractivity (Wildman–Crippen MR) is 102 cm³/mol. The van der Waals surface area contributed by atoms with E-state index in [0.717, 1.165) is 9.54 Å². The highest BCUT2D eigenvalue weighted by atomic mass is 35.5. The second-order valence-electron chi connectivity index (χ2n) is 5.86. The topological polar surface area (TPSA) is 82.4 Å². The lowest BCUT2D eigenvalue weighted by molar-refractivity contribution is -0.137. The summed E-state index contributed by atoms with van der Waals surface area (Å²) in [5, 5.41) is 0.799. The molecule has 140 valence electrons. The summed E-state index contributed by atoms with van der Waals surface area (Å²) < 4.78 is 32.1. The van der Waals surface area contributed by atoms with E-state index in [9.17, 15) is 18.0 Å². The summed E-state index contributed by atoms with van der Waals surface area (Å²) in [4.78, 5) is 24.5. The van der Waals surface area contributed by atoms with Crippen molar-refractivity contribution in [3.63, 3.8) is 0 Å². The lowest BCUT2D eigenvalue weighted by Crippen LogP contribution is -2.24. The first-order valence-corrected chi connectivity index (χ1v) is 9.92. The van der Waals surface area contributed by atoms with Crippen LogP contribution in [-0.2, 0) is 19.6 Å². The van der Waals surface area contributed by atoms with Gasteiger partial charge >= 0.3 is 5.97 Å². The molecule has 3 aromatic rings. The van der Waals surface area contributed by atoms with Crippen molar-refractivity contribution in [2.24, 2.45) is 0 Å². The molecular weight excluding hydrogens is 390 g/mol. The lowest BCUT2D eigenvalue weighted by Gasteiger charge is -2.11. The van der Waals surface area contributed by atoms with Crippen molar-refractivity contribution in [1.29, 1.82) is 0 Å². The van der Waals surface area contributed by atoms with Gasteiger partial charge in [0.1, 0.15) is 5.69 Å². The van der Waals surface area contributed by atoms with E-state index in [1.165, 1.54) is 36.4 Å². The Labute approximate surface area is 161 Å². The van der Waals surface area contributed by atoms with Crippen LogP contribution in [0.1, 0.15) is 23.0 Å². The van der Waals surface area contributed by atoms with Crippen LogP contribution in [0.25, 0.3) is 10.9 Å². The fourth-order valence-electron chi connectivity index (χ4n) is 2.70. The van der Waals surface area contributed by atoms with Crippen molar-refractivity contribution < 1.29 is 22.7 Å². The third-order valence-electron chi connectivity index (χ3n) is 3.97. The van der Waals surface area contributed by atoms with Crippen molar-refractivity contribution in [1.82, 2.24) is 3.97 Å². The first-order chi connectivity index (χ1) is 12.8. The number of benzene rings is 2. The summed E-state index contributed by atoms with van der Waals surface area (Å²) in [5.74, 6) is -2.16. The minimum absolute atomic E-state index is 0.00133. The van der Waals surface area contributed by atoms with Crippen molar-refractivity contribution in [2.75, 3.05) is 6.61 Å². The van der Waals surface area contributed by atoms with E-state index in [1.54, 1.807) is 19.1 Å². The number of rotatable bonds is 5. The Hall–Kier alpha value is -2.64. The average Bonchev–Trinajstić information content (AvgIpc) is 3.00. The molecule has 0 atom stereocenters. The molecule has 0 aliphatic heterocycles. The Bertz CT molecular complexity index is 1150. The Kier molecular flexibility index (Phi) is 5.08. The number of carbonyl (C=O) groups is 2. The summed E-state index contributed by atoms with van der Waals surface area (Å²) in [6, 6.07) is 12.1. The molecule has 6 nitrogen and oxygen atoms in total. The molecule has 0 aliphatic carbocycles. The molecule has 0 N–H and O–H groups in total. The Balaban J connectivity index is 2.29. The van der Waals surface area contributed by atoms with Gasteiger partial charge < -0.3 is 4.74 Å². The number of fused-ring (bicyclic) bond motifs is 1. The quantitative estimate of drug-likeness (QED) is 0.368. The number of ketones is 1. The molecule has 0 aliphatic rings. The number of aryl methyl sites for hydroxylation is 1. The van der Waals surface area contributed by atoms with Crippen LogP contribution in [0, 0.1) is 6.92 Å². The molecular formula is C19H16ClNO5S. The number of hydrogen-bond acceptors (Lipinski definition) is 5. The molecule has 27 heavy (non-hydrogen) atoms.